The number of hydrogen-bond donors (Lipinski definition) is 0. The van der Waals surface area contributed by atoms with Crippen molar-refractivity contribution in [1.82, 2.24) is 4.90 Å². The zero-order valence-electron chi connectivity index (χ0n) is 16.0. The van der Waals surface area contributed by atoms with Crippen LogP contribution in [0.5, 0.6) is 0 Å². The van der Waals surface area contributed by atoms with E-state index in [1.165, 1.54) is 0 Å². The maximum Gasteiger partial charge on any atom is 0.360 e. The molecule has 0 spiro atoms. The predicted octanol–water partition coefficient (Wildman–Crippen LogP) is 2.63. The normalized spacial score (nSPS) is 15.8. The molecule has 2 amide bonds. The Kier molecular flexibility index (Phi) is 7.52. The van der Waals surface area contributed by atoms with E-state index in [9.17, 15) is 22.6 Å². The number of carbonyl (C=O) groups is 2. The van der Waals surface area contributed by atoms with Crippen LogP contribution in [0.4, 0.5) is 0 Å². The molecule has 28 heavy (non-hydrogen) atoms. The van der Waals surface area contributed by atoms with Gasteiger partial charge in [0, 0.05) is 6.54 Å². The van der Waals surface area contributed by atoms with Gasteiger partial charge in [0.05, 0.1) is 30.6 Å². The van der Waals surface area contributed by atoms with E-state index in [4.69, 9.17) is 13.2 Å². The Morgan fingerprint density at radius 3 is 1.96 bits per heavy atom. The number of hydrogen-bond acceptors (Lipinski definition) is 8. The summed E-state index contributed by atoms with van der Waals surface area (Å²) in [5, 5.41) is 0. The van der Waals surface area contributed by atoms with Crippen LogP contribution in [-0.2, 0) is 27.9 Å². The Bertz CT molecular complexity index is 840. The van der Waals surface area contributed by atoms with Crippen molar-refractivity contribution in [3.63, 3.8) is 0 Å². The first-order valence-corrected chi connectivity index (χ1v) is 12.3. The van der Waals surface area contributed by atoms with E-state index in [0.717, 1.165) is 11.2 Å². The number of benzene rings is 1. The summed E-state index contributed by atoms with van der Waals surface area (Å²) in [7, 11) is -7.80. The fourth-order valence-corrected chi connectivity index (χ4v) is 5.91. The number of nitrogens with zero attached hydrogens (tertiary/aromatic N) is 1. The molecule has 1 aliphatic heterocycles. The van der Waals surface area contributed by atoms with E-state index < -0.39 is 35.4 Å². The molecule has 0 fully saturated rings. The largest absolute Gasteiger partial charge is 0.360 e. The molecule has 1 heterocycles. The van der Waals surface area contributed by atoms with Crippen LogP contribution in [0.15, 0.2) is 24.3 Å². The van der Waals surface area contributed by atoms with E-state index in [1.807, 2.05) is 0 Å². The summed E-state index contributed by atoms with van der Waals surface area (Å²) in [5.74, 6) is -2.20. The first-order valence-electron chi connectivity index (χ1n) is 8.85. The molecular weight excluding hydrogens is 409 g/mol. The first-order chi connectivity index (χ1) is 13.1. The van der Waals surface area contributed by atoms with Gasteiger partial charge < -0.3 is 9.05 Å². The molecule has 0 radical (unpaired) electrons. The maximum absolute atomic E-state index is 12.9. The van der Waals surface area contributed by atoms with E-state index in [1.54, 1.807) is 38.1 Å². The molecule has 9 nitrogen and oxygen atoms in total. The lowest BCUT2D eigenvalue weighted by atomic mass is 10.1. The zero-order chi connectivity index (χ0) is 20.9. The van der Waals surface area contributed by atoms with Crippen molar-refractivity contribution in [3.05, 3.63) is 35.4 Å². The van der Waals surface area contributed by atoms with Crippen LogP contribution in [0.3, 0.4) is 0 Å². The van der Waals surface area contributed by atoms with Crippen LogP contribution in [0.2, 0.25) is 0 Å². The highest BCUT2D eigenvalue weighted by molar-refractivity contribution is 7.86. The van der Waals surface area contributed by atoms with Crippen LogP contribution in [-0.4, -0.2) is 57.0 Å². The Labute approximate surface area is 164 Å². The lowest BCUT2D eigenvalue weighted by Crippen LogP contribution is -2.31. The number of fused-ring (bicyclic) bond motifs is 1. The third-order valence-electron chi connectivity index (χ3n) is 3.97. The van der Waals surface area contributed by atoms with Gasteiger partial charge in [-0.15, -0.1) is 0 Å². The van der Waals surface area contributed by atoms with E-state index >= 15 is 0 Å². The second-order valence-electron chi connectivity index (χ2n) is 6.08. The molecule has 0 aliphatic carbocycles. The van der Waals surface area contributed by atoms with Crippen molar-refractivity contribution in [2.24, 2.45) is 0 Å². The number of carbonyl (C=O) groups excluding carboxylic acids is 2. The Morgan fingerprint density at radius 2 is 1.54 bits per heavy atom. The van der Waals surface area contributed by atoms with E-state index in [-0.39, 0.29) is 32.6 Å². The van der Waals surface area contributed by atoms with Gasteiger partial charge in [0.2, 0.25) is 0 Å². The van der Waals surface area contributed by atoms with Gasteiger partial charge in [-0.3, -0.25) is 23.2 Å². The van der Waals surface area contributed by atoms with Gasteiger partial charge in [-0.05, 0) is 38.8 Å². The molecule has 1 unspecified atom stereocenters. The lowest BCUT2D eigenvalue weighted by molar-refractivity contribution is 0.0647. The molecule has 0 N–H and O–H groups in total. The van der Waals surface area contributed by atoms with Gasteiger partial charge in [-0.2, -0.15) is 8.42 Å². The zero-order valence-corrected chi connectivity index (χ0v) is 17.7. The van der Waals surface area contributed by atoms with Gasteiger partial charge in [-0.25, -0.2) is 0 Å². The van der Waals surface area contributed by atoms with Gasteiger partial charge >= 0.3 is 7.60 Å². The highest BCUT2D eigenvalue weighted by atomic mass is 32.2. The Hall–Kier alpha value is -1.58. The van der Waals surface area contributed by atoms with Crippen molar-refractivity contribution in [1.29, 1.82) is 0 Å². The average Bonchev–Trinajstić information content (AvgIpc) is 2.85. The quantitative estimate of drug-likeness (QED) is 0.297. The second-order valence-corrected chi connectivity index (χ2v) is 9.85. The number of amides is 2. The van der Waals surface area contributed by atoms with Crippen molar-refractivity contribution in [3.8, 4) is 0 Å². The fraction of sp³-hybridized carbons (Fsp3) is 0.529. The standard InChI is InChI=1S/C17H24NO8PS/c1-4-24-27(21,25-5-2)15(26-28(3,22)23)11-8-12-18-16(19)13-9-6-7-10-14(13)17(18)20/h6-7,9-10,15H,4-5,8,11-12H2,1-3H3. The van der Waals surface area contributed by atoms with Crippen molar-refractivity contribution < 1.29 is 35.8 Å². The summed E-state index contributed by atoms with van der Waals surface area (Å²) in [4.78, 5) is 25.9. The first kappa shape index (κ1) is 22.7. The second kappa shape index (κ2) is 9.28. The van der Waals surface area contributed by atoms with Crippen molar-refractivity contribution in [2.45, 2.75) is 32.5 Å². The third-order valence-corrected chi connectivity index (χ3v) is 7.00. The van der Waals surface area contributed by atoms with Crippen LogP contribution in [0.1, 0.15) is 47.4 Å². The Morgan fingerprint density at radius 1 is 1.04 bits per heavy atom. The minimum Gasteiger partial charge on any atom is -0.307 e. The van der Waals surface area contributed by atoms with Crippen molar-refractivity contribution >= 4 is 29.5 Å². The van der Waals surface area contributed by atoms with E-state index in [0.29, 0.717) is 11.1 Å². The van der Waals surface area contributed by atoms with Gasteiger partial charge in [0.25, 0.3) is 21.9 Å². The van der Waals surface area contributed by atoms with Crippen LogP contribution < -0.4 is 0 Å². The molecule has 1 atom stereocenters. The molecule has 1 aromatic carbocycles. The summed E-state index contributed by atoms with van der Waals surface area (Å²) in [5.41, 5.74) is 0.650. The minimum atomic E-state index is -3.94. The molecule has 1 aliphatic rings. The summed E-state index contributed by atoms with van der Waals surface area (Å²) < 4.78 is 51.5. The van der Waals surface area contributed by atoms with Crippen LogP contribution in [0, 0.1) is 0 Å². The molecule has 156 valence electrons. The fourth-order valence-electron chi connectivity index (χ4n) is 2.89. The summed E-state index contributed by atoms with van der Waals surface area (Å²) in [6, 6.07) is 6.49. The molecule has 0 saturated carbocycles. The smallest absolute Gasteiger partial charge is 0.307 e. The Balaban J connectivity index is 2.11. The van der Waals surface area contributed by atoms with Crippen LogP contribution in [0.25, 0.3) is 0 Å². The monoisotopic (exact) mass is 433 g/mol. The minimum absolute atomic E-state index is 0.0220. The average molecular weight is 433 g/mol. The van der Waals surface area contributed by atoms with Gasteiger partial charge in [0.1, 0.15) is 0 Å². The molecule has 0 bridgehead atoms. The molecule has 0 aromatic heterocycles. The molecule has 0 saturated heterocycles. The lowest BCUT2D eigenvalue weighted by Gasteiger charge is -2.25. The summed E-state index contributed by atoms with van der Waals surface area (Å²) >= 11 is 0. The highest BCUT2D eigenvalue weighted by Gasteiger charge is 2.40. The topological polar surface area (TPSA) is 116 Å². The van der Waals surface area contributed by atoms with E-state index in [2.05, 4.69) is 0 Å². The number of imide groups is 1. The third kappa shape index (κ3) is 5.27. The SMILES string of the molecule is CCOP(=O)(OCC)C(CCCN1C(=O)c2ccccc2C1=O)OS(C)(=O)=O. The van der Waals surface area contributed by atoms with Crippen LogP contribution >= 0.6 is 7.60 Å². The molecule has 1 aromatic rings. The summed E-state index contributed by atoms with van der Waals surface area (Å²) in [6.07, 6.45) is 0.958. The predicted molar refractivity (Wildman–Crippen MR) is 102 cm³/mol. The van der Waals surface area contributed by atoms with Crippen molar-refractivity contribution in [2.75, 3.05) is 26.0 Å². The molecular formula is C17H24NO8PS. The van der Waals surface area contributed by atoms with Gasteiger partial charge in [-0.1, -0.05) is 12.1 Å². The maximum atomic E-state index is 12.9. The molecule has 11 heteroatoms. The number of rotatable bonds is 11. The van der Waals surface area contributed by atoms with Gasteiger partial charge in [0.15, 0.2) is 5.85 Å². The molecule has 2 rings (SSSR count). The highest BCUT2D eigenvalue weighted by Crippen LogP contribution is 2.55. The summed E-state index contributed by atoms with van der Waals surface area (Å²) in [6.45, 7) is 3.30.